The van der Waals surface area contributed by atoms with Crippen molar-refractivity contribution in [3.05, 3.63) is 46.4 Å². The smallest absolute Gasteiger partial charge is 0.416 e. The monoisotopic (exact) mass is 400 g/mol. The lowest BCUT2D eigenvalue weighted by molar-refractivity contribution is -0.152. The van der Waals surface area contributed by atoms with Crippen LogP contribution in [0.5, 0.6) is 0 Å². The average molecular weight is 400 g/mol. The van der Waals surface area contributed by atoms with Gasteiger partial charge in [-0.1, -0.05) is 6.07 Å². The minimum absolute atomic E-state index is 0.129. The third-order valence-corrected chi connectivity index (χ3v) is 5.23. The average Bonchev–Trinajstić information content (AvgIpc) is 2.61. The first kappa shape index (κ1) is 21.7. The number of ether oxygens (including phenoxy) is 1. The van der Waals surface area contributed by atoms with Crippen LogP contribution in [0.4, 0.5) is 17.6 Å². The number of nitrogens with one attached hydrogen (secondary N) is 1. The summed E-state index contributed by atoms with van der Waals surface area (Å²) in [6, 6.07) is 3.11. The Bertz CT molecular complexity index is 845. The SMILES string of the molecule is COCCC1NC(C)=C(C#N)C(c2ccc(F)cc2C(F)(F)F)C1(C)C(=O)O. The molecule has 3 atom stereocenters. The topological polar surface area (TPSA) is 82.3 Å². The van der Waals surface area contributed by atoms with E-state index in [9.17, 15) is 32.7 Å². The van der Waals surface area contributed by atoms with Gasteiger partial charge in [-0.25, -0.2) is 4.39 Å². The number of allylic oxidation sites excluding steroid dienone is 2. The lowest BCUT2D eigenvalue weighted by atomic mass is 9.62. The Morgan fingerprint density at radius 2 is 2.07 bits per heavy atom. The van der Waals surface area contributed by atoms with E-state index >= 15 is 0 Å². The molecule has 1 aliphatic heterocycles. The van der Waals surface area contributed by atoms with Crippen molar-refractivity contribution in [2.45, 2.75) is 38.4 Å². The molecule has 2 N–H and O–H groups in total. The van der Waals surface area contributed by atoms with Crippen molar-refractivity contribution < 1.29 is 32.2 Å². The zero-order valence-corrected chi connectivity index (χ0v) is 15.5. The molecule has 1 aromatic carbocycles. The molecule has 0 aliphatic carbocycles. The largest absolute Gasteiger partial charge is 0.481 e. The zero-order valence-electron chi connectivity index (χ0n) is 15.5. The molecule has 0 fully saturated rings. The van der Waals surface area contributed by atoms with Crippen LogP contribution in [-0.4, -0.2) is 30.8 Å². The summed E-state index contributed by atoms with van der Waals surface area (Å²) in [4.78, 5) is 12.3. The van der Waals surface area contributed by atoms with Crippen LogP contribution in [0, 0.1) is 22.6 Å². The van der Waals surface area contributed by atoms with Gasteiger partial charge in [0, 0.05) is 31.4 Å². The van der Waals surface area contributed by atoms with Crippen molar-refractivity contribution in [3.8, 4) is 6.07 Å². The number of nitrogens with zero attached hydrogens (tertiary/aromatic N) is 1. The molecule has 9 heteroatoms. The molecule has 2 rings (SSSR count). The van der Waals surface area contributed by atoms with Gasteiger partial charge in [-0.15, -0.1) is 0 Å². The Hall–Kier alpha value is -2.60. The van der Waals surface area contributed by atoms with Crippen LogP contribution in [0.1, 0.15) is 37.3 Å². The van der Waals surface area contributed by atoms with E-state index < -0.39 is 46.5 Å². The summed E-state index contributed by atoms with van der Waals surface area (Å²) in [6.45, 7) is 2.96. The highest BCUT2D eigenvalue weighted by molar-refractivity contribution is 5.79. The molecule has 3 unspecified atom stereocenters. The number of carboxylic acids is 1. The Morgan fingerprint density at radius 1 is 1.43 bits per heavy atom. The highest BCUT2D eigenvalue weighted by atomic mass is 19.4. The number of nitriles is 1. The number of carboxylic acid groups (broad SMARTS) is 1. The highest BCUT2D eigenvalue weighted by Crippen LogP contribution is 2.51. The van der Waals surface area contributed by atoms with E-state index in [2.05, 4.69) is 5.32 Å². The van der Waals surface area contributed by atoms with E-state index in [1.54, 1.807) is 0 Å². The molecule has 0 saturated carbocycles. The number of benzene rings is 1. The van der Waals surface area contributed by atoms with Gasteiger partial charge < -0.3 is 15.2 Å². The van der Waals surface area contributed by atoms with Gasteiger partial charge in [0.1, 0.15) is 5.82 Å². The number of hydrogen-bond donors (Lipinski definition) is 2. The number of carbonyl (C=O) groups is 1. The molecule has 0 radical (unpaired) electrons. The second-order valence-corrected chi connectivity index (χ2v) is 6.88. The van der Waals surface area contributed by atoms with Gasteiger partial charge >= 0.3 is 12.1 Å². The molecule has 152 valence electrons. The van der Waals surface area contributed by atoms with E-state index in [0.717, 1.165) is 12.1 Å². The standard InChI is InChI=1S/C19H20F4N2O3/c1-10-13(9-24)16(12-5-4-11(20)8-14(12)19(21,22)23)18(2,17(26)27)15(25-10)6-7-28-3/h4-5,8,15-16,25H,6-7H2,1-3H3,(H,26,27). The lowest BCUT2D eigenvalue weighted by Crippen LogP contribution is -2.55. The van der Waals surface area contributed by atoms with Gasteiger partial charge in [0.05, 0.1) is 22.6 Å². The number of aliphatic carboxylic acids is 1. The Kier molecular flexibility index (Phi) is 6.04. The fourth-order valence-corrected chi connectivity index (χ4v) is 3.74. The van der Waals surface area contributed by atoms with Crippen molar-refractivity contribution in [2.24, 2.45) is 5.41 Å². The van der Waals surface area contributed by atoms with Gasteiger partial charge in [0.25, 0.3) is 0 Å². The molecule has 1 aromatic rings. The zero-order chi connectivity index (χ0) is 21.3. The van der Waals surface area contributed by atoms with Crippen LogP contribution >= 0.6 is 0 Å². The first-order valence-electron chi connectivity index (χ1n) is 8.44. The second-order valence-electron chi connectivity index (χ2n) is 6.88. The molecule has 0 saturated heterocycles. The Balaban J connectivity index is 2.82. The predicted molar refractivity (Wildman–Crippen MR) is 91.6 cm³/mol. The highest BCUT2D eigenvalue weighted by Gasteiger charge is 2.55. The van der Waals surface area contributed by atoms with Crippen LogP contribution in [0.2, 0.25) is 0 Å². The number of methoxy groups -OCH3 is 1. The summed E-state index contributed by atoms with van der Waals surface area (Å²) < 4.78 is 59.4. The molecular weight excluding hydrogens is 380 g/mol. The van der Waals surface area contributed by atoms with Crippen molar-refractivity contribution >= 4 is 5.97 Å². The molecule has 0 bridgehead atoms. The third kappa shape index (κ3) is 3.69. The first-order chi connectivity index (χ1) is 13.0. The maximum Gasteiger partial charge on any atom is 0.416 e. The van der Waals surface area contributed by atoms with Gasteiger partial charge in [-0.05, 0) is 38.0 Å². The summed E-state index contributed by atoms with van der Waals surface area (Å²) in [7, 11) is 1.42. The lowest BCUT2D eigenvalue weighted by Gasteiger charge is -2.46. The molecule has 0 aromatic heterocycles. The third-order valence-electron chi connectivity index (χ3n) is 5.23. The summed E-state index contributed by atoms with van der Waals surface area (Å²) in [5, 5.41) is 22.5. The van der Waals surface area contributed by atoms with E-state index in [1.807, 2.05) is 6.07 Å². The van der Waals surface area contributed by atoms with Crippen molar-refractivity contribution in [1.82, 2.24) is 5.32 Å². The van der Waals surface area contributed by atoms with E-state index in [1.165, 1.54) is 21.0 Å². The van der Waals surface area contributed by atoms with Gasteiger partial charge in [-0.2, -0.15) is 18.4 Å². The summed E-state index contributed by atoms with van der Waals surface area (Å²) >= 11 is 0. The number of rotatable bonds is 5. The van der Waals surface area contributed by atoms with Crippen LogP contribution in [0.3, 0.4) is 0 Å². The summed E-state index contributed by atoms with van der Waals surface area (Å²) in [6.07, 6.45) is -4.73. The number of halogens is 4. The molecule has 0 amide bonds. The summed E-state index contributed by atoms with van der Waals surface area (Å²) in [5.41, 5.74) is -3.39. The molecular formula is C19H20F4N2O3. The molecule has 28 heavy (non-hydrogen) atoms. The Labute approximate surface area is 159 Å². The van der Waals surface area contributed by atoms with E-state index in [4.69, 9.17) is 4.74 Å². The van der Waals surface area contributed by atoms with Gasteiger partial charge in [0.15, 0.2) is 0 Å². The minimum Gasteiger partial charge on any atom is -0.481 e. The maximum absolute atomic E-state index is 13.6. The fourth-order valence-electron chi connectivity index (χ4n) is 3.74. The maximum atomic E-state index is 13.6. The molecule has 5 nitrogen and oxygen atoms in total. The fraction of sp³-hybridized carbons (Fsp3) is 0.474. The predicted octanol–water partition coefficient (Wildman–Crippen LogP) is 3.82. The van der Waals surface area contributed by atoms with Gasteiger partial charge in [-0.3, -0.25) is 4.79 Å². The van der Waals surface area contributed by atoms with E-state index in [0.29, 0.717) is 6.07 Å². The van der Waals surface area contributed by atoms with Crippen LogP contribution in [-0.2, 0) is 15.7 Å². The number of hydrogen-bond acceptors (Lipinski definition) is 4. The van der Waals surface area contributed by atoms with E-state index in [-0.39, 0.29) is 24.3 Å². The first-order valence-corrected chi connectivity index (χ1v) is 8.44. The van der Waals surface area contributed by atoms with Crippen molar-refractivity contribution in [1.29, 1.82) is 5.26 Å². The molecule has 1 heterocycles. The molecule has 1 aliphatic rings. The van der Waals surface area contributed by atoms with Crippen LogP contribution in [0.25, 0.3) is 0 Å². The van der Waals surface area contributed by atoms with Crippen molar-refractivity contribution in [3.63, 3.8) is 0 Å². The second kappa shape index (κ2) is 7.80. The quantitative estimate of drug-likeness (QED) is 0.735. The van der Waals surface area contributed by atoms with Gasteiger partial charge in [0.2, 0.25) is 0 Å². The van der Waals surface area contributed by atoms with Crippen LogP contribution < -0.4 is 5.32 Å². The van der Waals surface area contributed by atoms with Crippen LogP contribution in [0.15, 0.2) is 29.5 Å². The Morgan fingerprint density at radius 3 is 2.57 bits per heavy atom. The van der Waals surface area contributed by atoms with Crippen molar-refractivity contribution in [2.75, 3.05) is 13.7 Å². The number of alkyl halides is 3. The molecule has 0 spiro atoms. The summed E-state index contributed by atoms with van der Waals surface area (Å²) in [5.74, 6) is -3.89. The minimum atomic E-state index is -4.92. The normalized spacial score (nSPS) is 25.2.